The van der Waals surface area contributed by atoms with Crippen LogP contribution in [0, 0.1) is 5.41 Å². The van der Waals surface area contributed by atoms with Crippen LogP contribution in [-0.2, 0) is 9.84 Å². The second-order valence-corrected chi connectivity index (χ2v) is 8.03. The van der Waals surface area contributed by atoms with Gasteiger partial charge in [0, 0.05) is 32.7 Å². The van der Waals surface area contributed by atoms with Gasteiger partial charge in [0.2, 0.25) is 0 Å². The summed E-state index contributed by atoms with van der Waals surface area (Å²) in [4.78, 5) is 2.22. The van der Waals surface area contributed by atoms with E-state index >= 15 is 0 Å². The van der Waals surface area contributed by atoms with Gasteiger partial charge in [-0.2, -0.15) is 0 Å². The zero-order chi connectivity index (χ0) is 12.2. The number of rotatable bonds is 4. The first kappa shape index (κ1) is 13.9. The standard InChI is InChI=1S/C11H24N2O2S/c1-11(2,3)10-12-4-5-13-6-8-16(14,15)9-7-13/h12H,4-10H2,1-3H3. The van der Waals surface area contributed by atoms with Gasteiger partial charge in [-0.05, 0) is 5.41 Å². The Labute approximate surface area is 99.3 Å². The van der Waals surface area contributed by atoms with E-state index in [1.165, 1.54) is 0 Å². The fourth-order valence-corrected chi connectivity index (χ4v) is 2.95. The SMILES string of the molecule is CC(C)(C)CNCCN1CCS(=O)(=O)CC1. The molecule has 0 aromatic rings. The molecule has 0 aromatic heterocycles. The molecule has 0 unspecified atom stereocenters. The van der Waals surface area contributed by atoms with Crippen molar-refractivity contribution >= 4 is 9.84 Å². The summed E-state index contributed by atoms with van der Waals surface area (Å²) in [6.45, 7) is 10.9. The molecule has 0 bridgehead atoms. The lowest BCUT2D eigenvalue weighted by Crippen LogP contribution is -2.43. The summed E-state index contributed by atoms with van der Waals surface area (Å²) in [6, 6.07) is 0. The molecular formula is C11H24N2O2S. The van der Waals surface area contributed by atoms with Crippen molar-refractivity contribution in [2.75, 3.05) is 44.2 Å². The molecule has 1 N–H and O–H groups in total. The van der Waals surface area contributed by atoms with E-state index in [9.17, 15) is 8.42 Å². The summed E-state index contributed by atoms with van der Waals surface area (Å²) < 4.78 is 22.4. The molecular weight excluding hydrogens is 224 g/mol. The van der Waals surface area contributed by atoms with Crippen molar-refractivity contribution in [2.24, 2.45) is 5.41 Å². The fourth-order valence-electron chi connectivity index (χ4n) is 1.67. The van der Waals surface area contributed by atoms with E-state index < -0.39 is 9.84 Å². The van der Waals surface area contributed by atoms with Crippen LogP contribution in [0.15, 0.2) is 0 Å². The van der Waals surface area contributed by atoms with Crippen LogP contribution in [0.25, 0.3) is 0 Å². The molecule has 0 spiro atoms. The topological polar surface area (TPSA) is 49.4 Å². The van der Waals surface area contributed by atoms with Crippen LogP contribution >= 0.6 is 0 Å². The van der Waals surface area contributed by atoms with Gasteiger partial charge in [-0.3, -0.25) is 0 Å². The molecule has 0 aromatic carbocycles. The van der Waals surface area contributed by atoms with Gasteiger partial charge in [0.05, 0.1) is 11.5 Å². The van der Waals surface area contributed by atoms with Gasteiger partial charge >= 0.3 is 0 Å². The quantitative estimate of drug-likeness (QED) is 0.730. The lowest BCUT2D eigenvalue weighted by atomic mass is 9.97. The molecule has 5 heteroatoms. The predicted molar refractivity (Wildman–Crippen MR) is 67.4 cm³/mol. The Bertz CT molecular complexity index is 292. The van der Waals surface area contributed by atoms with Crippen molar-refractivity contribution in [3.63, 3.8) is 0 Å². The maximum Gasteiger partial charge on any atom is 0.152 e. The Hall–Kier alpha value is -0.130. The van der Waals surface area contributed by atoms with E-state index in [1.807, 2.05) is 0 Å². The number of nitrogens with zero attached hydrogens (tertiary/aromatic N) is 1. The Morgan fingerprint density at radius 2 is 1.75 bits per heavy atom. The van der Waals surface area contributed by atoms with Gasteiger partial charge in [-0.25, -0.2) is 8.42 Å². The van der Waals surface area contributed by atoms with Gasteiger partial charge < -0.3 is 10.2 Å². The second kappa shape index (κ2) is 5.47. The van der Waals surface area contributed by atoms with Crippen molar-refractivity contribution < 1.29 is 8.42 Å². The second-order valence-electron chi connectivity index (χ2n) is 5.73. The molecule has 96 valence electrons. The van der Waals surface area contributed by atoms with Crippen molar-refractivity contribution in [1.82, 2.24) is 10.2 Å². The van der Waals surface area contributed by atoms with E-state index in [4.69, 9.17) is 0 Å². The lowest BCUT2D eigenvalue weighted by Gasteiger charge is -2.27. The van der Waals surface area contributed by atoms with Crippen LogP contribution in [0.1, 0.15) is 20.8 Å². The number of hydrogen-bond donors (Lipinski definition) is 1. The van der Waals surface area contributed by atoms with Crippen LogP contribution in [0.2, 0.25) is 0 Å². The molecule has 1 fully saturated rings. The molecule has 0 aliphatic carbocycles. The Kier molecular flexibility index (Phi) is 4.76. The van der Waals surface area contributed by atoms with Crippen LogP contribution in [0.3, 0.4) is 0 Å². The predicted octanol–water partition coefficient (Wildman–Crippen LogP) is 0.353. The van der Waals surface area contributed by atoms with E-state index in [0.29, 0.717) is 30.0 Å². The number of nitrogens with one attached hydrogen (secondary N) is 1. The van der Waals surface area contributed by atoms with Crippen LogP contribution in [0.5, 0.6) is 0 Å². The van der Waals surface area contributed by atoms with Gasteiger partial charge in [-0.15, -0.1) is 0 Å². The minimum absolute atomic E-state index is 0.311. The van der Waals surface area contributed by atoms with Crippen LogP contribution in [0.4, 0.5) is 0 Å². The Balaban J connectivity index is 2.11. The third kappa shape index (κ3) is 5.82. The Morgan fingerprint density at radius 3 is 2.25 bits per heavy atom. The molecule has 1 heterocycles. The molecule has 0 amide bonds. The summed E-state index contributed by atoms with van der Waals surface area (Å²) in [5.74, 6) is 0.651. The smallest absolute Gasteiger partial charge is 0.152 e. The monoisotopic (exact) mass is 248 g/mol. The third-order valence-corrected chi connectivity index (χ3v) is 4.31. The van der Waals surface area contributed by atoms with E-state index in [-0.39, 0.29) is 0 Å². The normalized spacial score (nSPS) is 22.2. The number of hydrogen-bond acceptors (Lipinski definition) is 4. The highest BCUT2D eigenvalue weighted by Crippen LogP contribution is 2.10. The van der Waals surface area contributed by atoms with Crippen molar-refractivity contribution in [2.45, 2.75) is 20.8 Å². The fraction of sp³-hybridized carbons (Fsp3) is 1.00. The molecule has 0 atom stereocenters. The first-order chi connectivity index (χ1) is 7.29. The zero-order valence-electron chi connectivity index (χ0n) is 10.6. The Morgan fingerprint density at radius 1 is 1.19 bits per heavy atom. The molecule has 1 rings (SSSR count). The molecule has 4 nitrogen and oxygen atoms in total. The zero-order valence-corrected chi connectivity index (χ0v) is 11.4. The highest BCUT2D eigenvalue weighted by atomic mass is 32.2. The molecule has 0 saturated carbocycles. The van der Waals surface area contributed by atoms with Crippen LogP contribution < -0.4 is 5.32 Å². The van der Waals surface area contributed by atoms with E-state index in [0.717, 1.165) is 19.6 Å². The molecule has 0 radical (unpaired) electrons. The summed E-state index contributed by atoms with van der Waals surface area (Å²) in [7, 11) is -2.73. The summed E-state index contributed by atoms with van der Waals surface area (Å²) in [6.07, 6.45) is 0. The summed E-state index contributed by atoms with van der Waals surface area (Å²) in [5, 5.41) is 3.40. The number of sulfone groups is 1. The summed E-state index contributed by atoms with van der Waals surface area (Å²) in [5.41, 5.74) is 0.311. The van der Waals surface area contributed by atoms with Crippen molar-refractivity contribution in [3.05, 3.63) is 0 Å². The highest BCUT2D eigenvalue weighted by Gasteiger charge is 2.20. The molecule has 1 aliphatic rings. The molecule has 1 aliphatic heterocycles. The van der Waals surface area contributed by atoms with Crippen LogP contribution in [-0.4, -0.2) is 57.5 Å². The molecule has 16 heavy (non-hydrogen) atoms. The lowest BCUT2D eigenvalue weighted by molar-refractivity contribution is 0.284. The third-order valence-electron chi connectivity index (χ3n) is 2.70. The first-order valence-electron chi connectivity index (χ1n) is 5.92. The van der Waals surface area contributed by atoms with E-state index in [2.05, 4.69) is 31.0 Å². The summed E-state index contributed by atoms with van der Waals surface area (Å²) >= 11 is 0. The van der Waals surface area contributed by atoms with E-state index in [1.54, 1.807) is 0 Å². The highest BCUT2D eigenvalue weighted by molar-refractivity contribution is 7.91. The van der Waals surface area contributed by atoms with Gasteiger partial charge in [0.1, 0.15) is 0 Å². The van der Waals surface area contributed by atoms with Crippen molar-refractivity contribution in [1.29, 1.82) is 0 Å². The minimum Gasteiger partial charge on any atom is -0.315 e. The average Bonchev–Trinajstić information content (AvgIpc) is 2.13. The molecule has 1 saturated heterocycles. The maximum absolute atomic E-state index is 11.2. The van der Waals surface area contributed by atoms with Crippen molar-refractivity contribution in [3.8, 4) is 0 Å². The van der Waals surface area contributed by atoms with Gasteiger partial charge in [0.15, 0.2) is 9.84 Å². The minimum atomic E-state index is -2.73. The first-order valence-corrected chi connectivity index (χ1v) is 7.74. The largest absolute Gasteiger partial charge is 0.315 e. The average molecular weight is 248 g/mol. The van der Waals surface area contributed by atoms with Gasteiger partial charge in [0.25, 0.3) is 0 Å². The van der Waals surface area contributed by atoms with Gasteiger partial charge in [-0.1, -0.05) is 20.8 Å². The maximum atomic E-state index is 11.2.